The molecule has 0 saturated carbocycles. The molecule has 1 atom stereocenters. The zero-order valence-corrected chi connectivity index (χ0v) is 13.3. The van der Waals surface area contributed by atoms with Crippen molar-refractivity contribution in [2.45, 2.75) is 33.4 Å². The van der Waals surface area contributed by atoms with Crippen molar-refractivity contribution in [1.82, 2.24) is 10.2 Å². The average Bonchev–Trinajstić information content (AvgIpc) is 2.43. The lowest BCUT2D eigenvalue weighted by molar-refractivity contribution is -0.137. The maximum absolute atomic E-state index is 12.2. The predicted octanol–water partition coefficient (Wildman–Crippen LogP) is 2.70. The van der Waals surface area contributed by atoms with E-state index in [2.05, 4.69) is 5.32 Å². The Morgan fingerprint density at radius 2 is 2.05 bits per heavy atom. The van der Waals surface area contributed by atoms with Crippen molar-refractivity contribution in [2.75, 3.05) is 20.1 Å². The van der Waals surface area contributed by atoms with Gasteiger partial charge in [0.2, 0.25) is 0 Å². The number of hydrogen-bond acceptors (Lipinski definition) is 3. The van der Waals surface area contributed by atoms with Crippen LogP contribution in [-0.2, 0) is 11.3 Å². The monoisotopic (exact) mass is 298 g/mol. The number of carbonyl (C=O) groups excluding carboxylic acids is 1. The molecule has 1 aromatic carbocycles. The van der Waals surface area contributed by atoms with Crippen LogP contribution in [0.1, 0.15) is 26.3 Å². The Balaban J connectivity index is 2.84. The van der Waals surface area contributed by atoms with Gasteiger partial charge in [-0.25, -0.2) is 0 Å². The number of ether oxygens (including phenoxy) is 1. The zero-order valence-electron chi connectivity index (χ0n) is 12.6. The molecule has 0 aliphatic heterocycles. The third-order valence-electron chi connectivity index (χ3n) is 3.12. The van der Waals surface area contributed by atoms with Gasteiger partial charge in [0.15, 0.2) is 6.10 Å². The molecule has 112 valence electrons. The molecule has 0 aromatic heterocycles. The molecule has 0 heterocycles. The summed E-state index contributed by atoms with van der Waals surface area (Å²) < 4.78 is 5.81. The number of carbonyl (C=O) groups is 1. The molecule has 0 aliphatic rings. The van der Waals surface area contributed by atoms with Crippen molar-refractivity contribution in [1.29, 1.82) is 0 Å². The van der Waals surface area contributed by atoms with Gasteiger partial charge in [-0.05, 0) is 46.0 Å². The molecule has 0 fully saturated rings. The minimum Gasteiger partial charge on any atom is -0.481 e. The molecule has 0 spiro atoms. The number of nitrogens with zero attached hydrogens (tertiary/aromatic N) is 1. The lowest BCUT2D eigenvalue weighted by atomic mass is 10.2. The molecule has 1 amide bonds. The van der Waals surface area contributed by atoms with E-state index in [0.29, 0.717) is 30.4 Å². The van der Waals surface area contributed by atoms with E-state index < -0.39 is 6.10 Å². The minimum atomic E-state index is -0.508. The Morgan fingerprint density at radius 1 is 1.40 bits per heavy atom. The minimum absolute atomic E-state index is 0.000331. The van der Waals surface area contributed by atoms with E-state index in [-0.39, 0.29) is 5.91 Å². The van der Waals surface area contributed by atoms with E-state index in [9.17, 15) is 4.79 Å². The highest BCUT2D eigenvalue weighted by Crippen LogP contribution is 2.24. The fourth-order valence-corrected chi connectivity index (χ4v) is 2.22. The Hall–Kier alpha value is -1.26. The summed E-state index contributed by atoms with van der Waals surface area (Å²) in [5, 5.41) is 3.72. The maximum atomic E-state index is 12.2. The molecule has 20 heavy (non-hydrogen) atoms. The Labute approximate surface area is 126 Å². The van der Waals surface area contributed by atoms with Crippen molar-refractivity contribution < 1.29 is 9.53 Å². The van der Waals surface area contributed by atoms with Gasteiger partial charge in [0.1, 0.15) is 5.75 Å². The van der Waals surface area contributed by atoms with Gasteiger partial charge in [0.25, 0.3) is 5.91 Å². The van der Waals surface area contributed by atoms with Gasteiger partial charge >= 0.3 is 0 Å². The van der Waals surface area contributed by atoms with Crippen LogP contribution in [0.25, 0.3) is 0 Å². The largest absolute Gasteiger partial charge is 0.481 e. The fourth-order valence-electron chi connectivity index (χ4n) is 2.02. The molecule has 1 unspecified atom stereocenters. The van der Waals surface area contributed by atoms with Crippen molar-refractivity contribution in [3.63, 3.8) is 0 Å². The second-order valence-electron chi connectivity index (χ2n) is 4.55. The molecule has 0 saturated heterocycles. The Bertz CT molecular complexity index is 447. The first-order valence-electron chi connectivity index (χ1n) is 6.91. The summed E-state index contributed by atoms with van der Waals surface area (Å²) in [6.07, 6.45) is -0.508. The third-order valence-corrected chi connectivity index (χ3v) is 3.35. The highest BCUT2D eigenvalue weighted by Gasteiger charge is 2.20. The van der Waals surface area contributed by atoms with Gasteiger partial charge in [-0.2, -0.15) is 0 Å². The van der Waals surface area contributed by atoms with Gasteiger partial charge in [-0.3, -0.25) is 4.79 Å². The molecule has 5 heteroatoms. The number of hydrogen-bond donors (Lipinski definition) is 1. The zero-order chi connectivity index (χ0) is 15.1. The first-order valence-corrected chi connectivity index (χ1v) is 7.29. The van der Waals surface area contributed by atoms with Crippen LogP contribution in [0.2, 0.25) is 5.02 Å². The van der Waals surface area contributed by atoms with Crippen LogP contribution in [0.15, 0.2) is 18.2 Å². The molecule has 0 radical (unpaired) electrons. The highest BCUT2D eigenvalue weighted by molar-refractivity contribution is 6.30. The first-order chi connectivity index (χ1) is 9.53. The summed E-state index contributed by atoms with van der Waals surface area (Å²) in [6, 6.07) is 5.42. The molecule has 4 nitrogen and oxygen atoms in total. The maximum Gasteiger partial charge on any atom is 0.263 e. The van der Waals surface area contributed by atoms with E-state index in [1.54, 1.807) is 24.0 Å². The molecule has 1 aromatic rings. The quantitative estimate of drug-likeness (QED) is 0.841. The number of benzene rings is 1. The average molecular weight is 299 g/mol. The summed E-state index contributed by atoms with van der Waals surface area (Å²) in [4.78, 5) is 14.0. The summed E-state index contributed by atoms with van der Waals surface area (Å²) in [5.41, 5.74) is 0.944. The van der Waals surface area contributed by atoms with Crippen molar-refractivity contribution in [3.05, 3.63) is 28.8 Å². The smallest absolute Gasteiger partial charge is 0.263 e. The van der Waals surface area contributed by atoms with Crippen LogP contribution in [0.5, 0.6) is 5.75 Å². The van der Waals surface area contributed by atoms with Crippen molar-refractivity contribution >= 4 is 17.5 Å². The first kappa shape index (κ1) is 16.8. The van der Waals surface area contributed by atoms with Gasteiger partial charge in [-0.15, -0.1) is 0 Å². The van der Waals surface area contributed by atoms with Crippen LogP contribution in [0.4, 0.5) is 0 Å². The van der Waals surface area contributed by atoms with E-state index in [4.69, 9.17) is 16.3 Å². The number of rotatable bonds is 7. The van der Waals surface area contributed by atoms with E-state index >= 15 is 0 Å². The summed E-state index contributed by atoms with van der Waals surface area (Å²) in [5.74, 6) is 0.692. The standard InChI is InChI=1S/C15H23ClN2O2/c1-5-18(6-2)15(19)11(3)20-14-8-7-13(16)9-12(14)10-17-4/h7-9,11,17H,5-6,10H2,1-4H3. The second kappa shape index (κ2) is 8.12. The van der Waals surface area contributed by atoms with Crippen molar-refractivity contribution in [2.24, 2.45) is 0 Å². The topological polar surface area (TPSA) is 41.6 Å². The predicted molar refractivity (Wildman–Crippen MR) is 82.2 cm³/mol. The lowest BCUT2D eigenvalue weighted by Gasteiger charge is -2.24. The highest BCUT2D eigenvalue weighted by atomic mass is 35.5. The molecule has 0 aliphatic carbocycles. The third kappa shape index (κ3) is 4.39. The van der Waals surface area contributed by atoms with Crippen LogP contribution < -0.4 is 10.1 Å². The van der Waals surface area contributed by atoms with E-state index in [1.165, 1.54) is 0 Å². The Morgan fingerprint density at radius 3 is 2.60 bits per heavy atom. The number of likely N-dealkylation sites (N-methyl/N-ethyl adjacent to an activating group) is 1. The van der Waals surface area contributed by atoms with Gasteiger partial charge in [0, 0.05) is 30.2 Å². The van der Waals surface area contributed by atoms with Crippen molar-refractivity contribution in [3.8, 4) is 5.75 Å². The molecule has 1 rings (SSSR count). The van der Waals surface area contributed by atoms with Crippen LogP contribution in [0.3, 0.4) is 0 Å². The summed E-state index contributed by atoms with van der Waals surface area (Å²) >= 11 is 5.99. The van der Waals surface area contributed by atoms with Crippen LogP contribution in [0, 0.1) is 0 Å². The normalized spacial score (nSPS) is 12.1. The molecule has 0 bridgehead atoms. The molecule has 1 N–H and O–H groups in total. The Kier molecular flexibility index (Phi) is 6.82. The van der Waals surface area contributed by atoms with Gasteiger partial charge in [-0.1, -0.05) is 11.6 Å². The van der Waals surface area contributed by atoms with E-state index in [0.717, 1.165) is 5.56 Å². The van der Waals surface area contributed by atoms with Gasteiger partial charge in [0.05, 0.1) is 0 Å². The van der Waals surface area contributed by atoms with Crippen LogP contribution >= 0.6 is 11.6 Å². The number of halogens is 1. The molecular weight excluding hydrogens is 276 g/mol. The lowest BCUT2D eigenvalue weighted by Crippen LogP contribution is -2.40. The second-order valence-corrected chi connectivity index (χ2v) is 4.99. The molecular formula is C15H23ClN2O2. The SMILES string of the molecule is CCN(CC)C(=O)C(C)Oc1ccc(Cl)cc1CNC. The van der Waals surface area contributed by atoms with E-state index in [1.807, 2.05) is 27.0 Å². The van der Waals surface area contributed by atoms with Gasteiger partial charge < -0.3 is 15.0 Å². The number of nitrogens with one attached hydrogen (secondary N) is 1. The number of amides is 1. The fraction of sp³-hybridized carbons (Fsp3) is 0.533. The summed E-state index contributed by atoms with van der Waals surface area (Å²) in [6.45, 7) is 7.71. The summed E-state index contributed by atoms with van der Waals surface area (Å²) in [7, 11) is 1.86. The van der Waals surface area contributed by atoms with Crippen LogP contribution in [-0.4, -0.2) is 37.0 Å².